The van der Waals surface area contributed by atoms with Gasteiger partial charge < -0.3 is 10.2 Å². The molecule has 6 nitrogen and oxygen atoms in total. The molecule has 106 valence electrons. The van der Waals surface area contributed by atoms with Crippen molar-refractivity contribution in [3.05, 3.63) is 63.8 Å². The fourth-order valence-electron chi connectivity index (χ4n) is 2.40. The summed E-state index contributed by atoms with van der Waals surface area (Å²) in [6, 6.07) is 9.30. The number of fused-ring (bicyclic) bond motifs is 1. The second kappa shape index (κ2) is 4.90. The monoisotopic (exact) mass is 284 g/mol. The van der Waals surface area contributed by atoms with Crippen LogP contribution < -0.4 is 5.56 Å². The predicted molar refractivity (Wildman–Crippen MR) is 75.3 cm³/mol. The molecule has 0 atom stereocenters. The molecule has 0 unspecified atom stereocenters. The molecule has 1 aromatic carbocycles. The van der Waals surface area contributed by atoms with E-state index in [2.05, 4.69) is 4.98 Å². The van der Waals surface area contributed by atoms with Gasteiger partial charge in [0.05, 0.1) is 0 Å². The molecule has 1 aliphatic rings. The van der Waals surface area contributed by atoms with Gasteiger partial charge in [-0.25, -0.2) is 9.78 Å². The zero-order valence-electron chi connectivity index (χ0n) is 11.0. The molecule has 0 saturated heterocycles. The quantitative estimate of drug-likeness (QED) is 0.871. The molecule has 0 saturated carbocycles. The van der Waals surface area contributed by atoms with Crippen molar-refractivity contribution in [2.24, 2.45) is 0 Å². The zero-order chi connectivity index (χ0) is 15.0. The van der Waals surface area contributed by atoms with Crippen LogP contribution in [0.5, 0.6) is 5.75 Å². The Morgan fingerprint density at radius 1 is 1.24 bits per heavy atom. The number of carboxylic acids is 1. The summed E-state index contributed by atoms with van der Waals surface area (Å²) >= 11 is 0. The van der Waals surface area contributed by atoms with Gasteiger partial charge in [-0.1, -0.05) is 36.4 Å². The Kier molecular flexibility index (Phi) is 3.06. The van der Waals surface area contributed by atoms with Gasteiger partial charge >= 0.3 is 5.97 Å². The van der Waals surface area contributed by atoms with Crippen molar-refractivity contribution in [3.63, 3.8) is 0 Å². The van der Waals surface area contributed by atoms with E-state index >= 15 is 0 Å². The first kappa shape index (κ1) is 13.1. The maximum absolute atomic E-state index is 12.1. The van der Waals surface area contributed by atoms with Gasteiger partial charge in [-0.2, -0.15) is 0 Å². The average Bonchev–Trinajstić information content (AvgIpc) is 2.51. The Morgan fingerprint density at radius 3 is 2.62 bits per heavy atom. The topological polar surface area (TPSA) is 92.4 Å². The van der Waals surface area contributed by atoms with E-state index in [1.165, 1.54) is 4.57 Å². The lowest BCUT2D eigenvalue weighted by Crippen LogP contribution is -2.29. The number of nitrogens with zero attached hydrogens (tertiary/aromatic N) is 2. The van der Waals surface area contributed by atoms with E-state index in [1.54, 1.807) is 0 Å². The lowest BCUT2D eigenvalue weighted by atomic mass is 10.0. The summed E-state index contributed by atoms with van der Waals surface area (Å²) < 4.78 is 1.31. The Morgan fingerprint density at radius 2 is 1.95 bits per heavy atom. The van der Waals surface area contributed by atoms with Gasteiger partial charge in [-0.05, 0) is 12.0 Å². The minimum absolute atomic E-state index is 0.271. The zero-order valence-corrected chi connectivity index (χ0v) is 11.0. The van der Waals surface area contributed by atoms with Crippen LogP contribution in [0.25, 0.3) is 5.57 Å². The fourth-order valence-corrected chi connectivity index (χ4v) is 2.40. The van der Waals surface area contributed by atoms with Crippen LogP contribution in [0.3, 0.4) is 0 Å². The van der Waals surface area contributed by atoms with Crippen molar-refractivity contribution in [2.75, 3.05) is 0 Å². The highest BCUT2D eigenvalue weighted by Gasteiger charge is 2.24. The molecule has 6 heteroatoms. The molecule has 3 rings (SSSR count). The van der Waals surface area contributed by atoms with Gasteiger partial charge in [0.15, 0.2) is 5.69 Å². The van der Waals surface area contributed by atoms with Crippen LogP contribution in [0.2, 0.25) is 0 Å². The van der Waals surface area contributed by atoms with Crippen molar-refractivity contribution in [2.45, 2.75) is 13.0 Å². The number of aromatic nitrogens is 2. The molecule has 21 heavy (non-hydrogen) atoms. The van der Waals surface area contributed by atoms with Crippen LogP contribution in [0.1, 0.15) is 28.3 Å². The summed E-state index contributed by atoms with van der Waals surface area (Å²) in [4.78, 5) is 27.2. The van der Waals surface area contributed by atoms with Crippen molar-refractivity contribution in [1.29, 1.82) is 0 Å². The van der Waals surface area contributed by atoms with Crippen LogP contribution in [0.15, 0.2) is 41.2 Å². The van der Waals surface area contributed by atoms with Crippen molar-refractivity contribution in [1.82, 2.24) is 9.55 Å². The number of hydrogen-bond acceptors (Lipinski definition) is 4. The molecular formula is C15H12N2O4. The second-order valence-corrected chi connectivity index (χ2v) is 4.67. The number of aromatic hydroxyl groups is 1. The van der Waals surface area contributed by atoms with E-state index in [9.17, 15) is 14.7 Å². The number of aromatic carboxylic acids is 1. The first-order valence-corrected chi connectivity index (χ1v) is 6.42. The molecule has 2 heterocycles. The maximum atomic E-state index is 12.1. The Bertz CT molecular complexity index is 806. The highest BCUT2D eigenvalue weighted by Crippen LogP contribution is 2.26. The molecule has 2 aromatic rings. The Labute approximate surface area is 119 Å². The summed E-state index contributed by atoms with van der Waals surface area (Å²) in [6.45, 7) is 0.366. The van der Waals surface area contributed by atoms with E-state index < -0.39 is 23.0 Å². The Balaban J connectivity index is 2.27. The van der Waals surface area contributed by atoms with Crippen LogP contribution >= 0.6 is 0 Å². The number of carbonyl (C=O) groups is 1. The van der Waals surface area contributed by atoms with Gasteiger partial charge in [0.2, 0.25) is 5.75 Å². The predicted octanol–water partition coefficient (Wildman–Crippen LogP) is 1.48. The smallest absolute Gasteiger partial charge is 0.358 e. The molecule has 0 bridgehead atoms. The molecule has 1 aliphatic heterocycles. The molecule has 1 aromatic heterocycles. The maximum Gasteiger partial charge on any atom is 0.358 e. The Hall–Kier alpha value is -2.89. The minimum Gasteiger partial charge on any atom is -0.501 e. The first-order chi connectivity index (χ1) is 10.1. The summed E-state index contributed by atoms with van der Waals surface area (Å²) in [7, 11) is 0. The number of carboxylic acid groups (broad SMARTS) is 1. The van der Waals surface area contributed by atoms with E-state index in [4.69, 9.17) is 5.11 Å². The van der Waals surface area contributed by atoms with E-state index in [-0.39, 0.29) is 5.82 Å². The van der Waals surface area contributed by atoms with Crippen LogP contribution in [-0.2, 0) is 6.54 Å². The average molecular weight is 284 g/mol. The normalized spacial score (nSPS) is 13.4. The van der Waals surface area contributed by atoms with Crippen LogP contribution in [0, 0.1) is 0 Å². The number of rotatable bonds is 2. The molecule has 2 N–H and O–H groups in total. The third kappa shape index (κ3) is 2.10. The van der Waals surface area contributed by atoms with Crippen LogP contribution in [-0.4, -0.2) is 25.7 Å². The van der Waals surface area contributed by atoms with Gasteiger partial charge in [0.25, 0.3) is 5.56 Å². The third-order valence-corrected chi connectivity index (χ3v) is 3.37. The van der Waals surface area contributed by atoms with Gasteiger partial charge in [-0.15, -0.1) is 0 Å². The number of hydrogen-bond donors (Lipinski definition) is 2. The second-order valence-electron chi connectivity index (χ2n) is 4.67. The minimum atomic E-state index is -1.43. The van der Waals surface area contributed by atoms with E-state index in [1.807, 2.05) is 36.4 Å². The molecule has 0 radical (unpaired) electrons. The highest BCUT2D eigenvalue weighted by molar-refractivity contribution is 5.89. The highest BCUT2D eigenvalue weighted by atomic mass is 16.4. The van der Waals surface area contributed by atoms with Crippen molar-refractivity contribution < 1.29 is 15.0 Å². The van der Waals surface area contributed by atoms with Crippen molar-refractivity contribution in [3.8, 4) is 5.75 Å². The first-order valence-electron chi connectivity index (χ1n) is 6.42. The lowest BCUT2D eigenvalue weighted by Gasteiger charge is -2.19. The van der Waals surface area contributed by atoms with Crippen LogP contribution in [0.4, 0.5) is 0 Å². The summed E-state index contributed by atoms with van der Waals surface area (Å²) in [6.07, 6.45) is 2.53. The summed E-state index contributed by atoms with van der Waals surface area (Å²) in [5, 5.41) is 18.7. The molecule has 0 fully saturated rings. The molecule has 0 aliphatic carbocycles. The summed E-state index contributed by atoms with van der Waals surface area (Å²) in [5.74, 6) is -1.97. The summed E-state index contributed by atoms with van der Waals surface area (Å²) in [5.41, 5.74) is 0.204. The molecular weight excluding hydrogens is 272 g/mol. The number of allylic oxidation sites excluding steroid dienone is 1. The third-order valence-electron chi connectivity index (χ3n) is 3.37. The van der Waals surface area contributed by atoms with Gasteiger partial charge in [-0.3, -0.25) is 9.36 Å². The molecule has 0 spiro atoms. The van der Waals surface area contributed by atoms with Gasteiger partial charge in [0, 0.05) is 12.1 Å². The fraction of sp³-hybridized carbons (Fsp3) is 0.133. The molecule has 0 amide bonds. The SMILES string of the molecule is O=C(O)c1nc2n(c(=O)c1O)CCC=C2c1ccccc1. The number of benzene rings is 1. The standard InChI is InChI=1S/C15H12N2O4/c18-12-11(15(20)21)16-13-10(9-5-2-1-3-6-9)7-4-8-17(13)14(12)19/h1-3,5-7,18H,4,8H2,(H,20,21). The lowest BCUT2D eigenvalue weighted by molar-refractivity contribution is 0.0685. The van der Waals surface area contributed by atoms with E-state index in [0.717, 1.165) is 5.56 Å². The van der Waals surface area contributed by atoms with Gasteiger partial charge in [0.1, 0.15) is 5.82 Å². The largest absolute Gasteiger partial charge is 0.501 e. The van der Waals surface area contributed by atoms with Crippen molar-refractivity contribution >= 4 is 11.5 Å². The van der Waals surface area contributed by atoms with E-state index in [0.29, 0.717) is 18.5 Å².